The summed E-state index contributed by atoms with van der Waals surface area (Å²) in [5.41, 5.74) is 10.6. The molecule has 0 radical (unpaired) electrons. The fourth-order valence-corrected chi connectivity index (χ4v) is 8.68. The van der Waals surface area contributed by atoms with Crippen LogP contribution in [0.15, 0.2) is 22.4 Å². The first-order valence-corrected chi connectivity index (χ1v) is 16.0. The lowest BCUT2D eigenvalue weighted by Gasteiger charge is -2.39. The molecule has 3 aromatic heterocycles. The van der Waals surface area contributed by atoms with Gasteiger partial charge in [0.2, 0.25) is 5.88 Å². The highest BCUT2D eigenvalue weighted by atomic mass is 32.1. The molecule has 3 aromatic rings. The zero-order chi connectivity index (χ0) is 29.7. The van der Waals surface area contributed by atoms with Crippen molar-refractivity contribution in [3.8, 4) is 23.5 Å². The second-order valence-corrected chi connectivity index (χ2v) is 13.3. The summed E-state index contributed by atoms with van der Waals surface area (Å²) in [6.45, 7) is 4.35. The quantitative estimate of drug-likeness (QED) is 0.320. The molecule has 0 saturated carbocycles. The van der Waals surface area contributed by atoms with Crippen LogP contribution in [0.4, 0.5) is 10.8 Å². The van der Waals surface area contributed by atoms with Gasteiger partial charge >= 0.3 is 0 Å². The lowest BCUT2D eigenvalue weighted by Crippen LogP contribution is -2.38. The summed E-state index contributed by atoms with van der Waals surface area (Å²) in [4.78, 5) is 13.3. The van der Waals surface area contributed by atoms with Gasteiger partial charge in [0.15, 0.2) is 17.3 Å². The van der Waals surface area contributed by atoms with Crippen LogP contribution in [0.1, 0.15) is 72.8 Å². The normalized spacial score (nSPS) is 25.1. The predicted molar refractivity (Wildman–Crippen MR) is 166 cm³/mol. The van der Waals surface area contributed by atoms with Gasteiger partial charge in [-0.2, -0.15) is 10.2 Å². The van der Waals surface area contributed by atoms with Crippen LogP contribution in [0, 0.1) is 16.7 Å². The van der Waals surface area contributed by atoms with Gasteiger partial charge in [-0.15, -0.1) is 11.3 Å². The largest absolute Gasteiger partial charge is 0.473 e. The molecule has 0 unspecified atom stereocenters. The molecule has 11 nitrogen and oxygen atoms in total. The van der Waals surface area contributed by atoms with Crippen LogP contribution >= 0.6 is 11.3 Å². The second-order valence-electron chi connectivity index (χ2n) is 12.2. The Morgan fingerprint density at radius 2 is 2.14 bits per heavy atom. The van der Waals surface area contributed by atoms with Crippen LogP contribution < -0.4 is 21.1 Å². The van der Waals surface area contributed by atoms with Crippen molar-refractivity contribution in [2.45, 2.75) is 75.9 Å². The van der Waals surface area contributed by atoms with E-state index in [4.69, 9.17) is 30.4 Å². The number of aromatic nitrogens is 3. The lowest BCUT2D eigenvalue weighted by molar-refractivity contribution is 0.117. The Kier molecular flexibility index (Phi) is 7.19. The van der Waals surface area contributed by atoms with E-state index in [2.05, 4.69) is 40.7 Å². The van der Waals surface area contributed by atoms with E-state index in [1.54, 1.807) is 0 Å². The molecule has 2 saturated heterocycles. The van der Waals surface area contributed by atoms with Crippen molar-refractivity contribution >= 4 is 27.9 Å². The first-order valence-electron chi connectivity index (χ1n) is 15.2. The third-order valence-corrected chi connectivity index (χ3v) is 10.7. The minimum Gasteiger partial charge on any atom is -0.473 e. The summed E-state index contributed by atoms with van der Waals surface area (Å²) in [6.07, 6.45) is 9.46. The second kappa shape index (κ2) is 11.0. The third-order valence-electron chi connectivity index (χ3n) is 9.60. The Morgan fingerprint density at radius 3 is 2.88 bits per heavy atom. The number of anilines is 2. The van der Waals surface area contributed by atoms with Crippen LogP contribution in [-0.2, 0) is 18.3 Å². The van der Waals surface area contributed by atoms with Gasteiger partial charge in [0.1, 0.15) is 23.0 Å². The molecule has 224 valence electrons. The van der Waals surface area contributed by atoms with Crippen molar-refractivity contribution in [1.29, 1.82) is 10.7 Å². The van der Waals surface area contributed by atoms with Gasteiger partial charge < -0.3 is 31.0 Å². The molecular weight excluding hydrogens is 562 g/mol. The summed E-state index contributed by atoms with van der Waals surface area (Å²) < 4.78 is 12.7. The number of likely N-dealkylation sites (tertiary alicyclic amines) is 1. The fraction of sp³-hybridized carbons (Fsp3) is 0.516. The number of hydrogen-bond donors (Lipinski definition) is 4. The molecule has 3 atom stereocenters. The maximum atomic E-state index is 10.0. The van der Waals surface area contributed by atoms with E-state index in [0.29, 0.717) is 58.6 Å². The molecule has 2 aliphatic carbocycles. The van der Waals surface area contributed by atoms with E-state index in [0.717, 1.165) is 80.4 Å². The number of aryl methyl sites for hydroxylation is 1. The Hall–Kier alpha value is -3.79. The summed E-state index contributed by atoms with van der Waals surface area (Å²) in [6, 6.07) is 4.52. The first kappa shape index (κ1) is 28.0. The molecule has 2 aliphatic heterocycles. The van der Waals surface area contributed by atoms with Crippen molar-refractivity contribution in [3.63, 3.8) is 0 Å². The number of nitrogens with two attached hydrogens (primary N) is 1. The average molecular weight is 600 g/mol. The minimum absolute atomic E-state index is 0.0581. The van der Waals surface area contributed by atoms with Gasteiger partial charge in [-0.05, 0) is 77.4 Å². The van der Waals surface area contributed by atoms with Crippen LogP contribution in [0.2, 0.25) is 0 Å². The Balaban J connectivity index is 1.29. The number of nitrogen functional groups attached to an aromatic ring is 1. The zero-order valence-corrected chi connectivity index (χ0v) is 25.4. The average Bonchev–Trinajstić information content (AvgIpc) is 3.78. The maximum absolute atomic E-state index is 10.0. The summed E-state index contributed by atoms with van der Waals surface area (Å²) >= 11 is 1.54. The van der Waals surface area contributed by atoms with Crippen LogP contribution in [-0.4, -0.2) is 64.6 Å². The maximum Gasteiger partial charge on any atom is 0.219 e. The summed E-state index contributed by atoms with van der Waals surface area (Å²) in [5, 5.41) is 29.9. The molecule has 2 fully saturated rings. The number of nitriles is 1. The Morgan fingerprint density at radius 1 is 1.30 bits per heavy atom. The third kappa shape index (κ3) is 4.80. The molecule has 7 rings (SSSR count). The highest BCUT2D eigenvalue weighted by molar-refractivity contribution is 7.16. The standard InChI is InChI=1S/C31H37N9O2S/c1-17(22-7-5-11-40(22)2)41-25-12-24(36-15-18-14-35-16-21(18)33)37-30(38-25)27-19-6-3-9-31(28(19)42-39-27)10-4-8-23-26(31)20(13-32)29(34)43-23/h12,15,17,22,33,35H,3-11,14,16,34H2,1-2H3,(H,36,37,38)/b18-15-,33-21?/t17-,22-,31-/m0/s1. The number of nitrogens with zero attached hydrogens (tertiary/aromatic N) is 5. The van der Waals surface area contributed by atoms with Crippen molar-refractivity contribution in [2.24, 2.45) is 0 Å². The highest BCUT2D eigenvalue weighted by Crippen LogP contribution is 2.55. The van der Waals surface area contributed by atoms with E-state index in [1.165, 1.54) is 16.2 Å². The molecule has 5 N–H and O–H groups in total. The fourth-order valence-electron chi connectivity index (χ4n) is 7.52. The highest BCUT2D eigenvalue weighted by Gasteiger charge is 2.48. The van der Waals surface area contributed by atoms with E-state index < -0.39 is 5.41 Å². The van der Waals surface area contributed by atoms with E-state index in [-0.39, 0.29) is 6.10 Å². The molecule has 5 heterocycles. The molecule has 0 amide bonds. The Bertz CT molecular complexity index is 1650. The van der Waals surface area contributed by atoms with Crippen molar-refractivity contribution < 1.29 is 9.26 Å². The van der Waals surface area contributed by atoms with Gasteiger partial charge in [-0.1, -0.05) is 5.16 Å². The molecular formula is C31H37N9O2S. The van der Waals surface area contributed by atoms with Crippen LogP contribution in [0.5, 0.6) is 5.88 Å². The van der Waals surface area contributed by atoms with Crippen molar-refractivity contribution in [3.05, 3.63) is 45.2 Å². The van der Waals surface area contributed by atoms with Gasteiger partial charge in [-0.3, -0.25) is 4.90 Å². The van der Waals surface area contributed by atoms with Gasteiger partial charge in [0.05, 0.1) is 16.7 Å². The summed E-state index contributed by atoms with van der Waals surface area (Å²) in [5.74, 6) is 2.30. The van der Waals surface area contributed by atoms with Crippen molar-refractivity contribution in [1.82, 2.24) is 25.3 Å². The number of hydrogen-bond acceptors (Lipinski definition) is 12. The van der Waals surface area contributed by atoms with Crippen LogP contribution in [0.25, 0.3) is 11.5 Å². The lowest BCUT2D eigenvalue weighted by atomic mass is 9.63. The number of thiophene rings is 1. The van der Waals surface area contributed by atoms with E-state index >= 15 is 0 Å². The van der Waals surface area contributed by atoms with E-state index in [9.17, 15) is 5.26 Å². The molecule has 12 heteroatoms. The molecule has 1 spiro atoms. The summed E-state index contributed by atoms with van der Waals surface area (Å²) in [7, 11) is 2.14. The van der Waals surface area contributed by atoms with Gasteiger partial charge in [0.25, 0.3) is 0 Å². The number of rotatable bonds is 6. The number of likely N-dealkylation sites (N-methyl/N-ethyl adjacent to an activating group) is 1. The first-order chi connectivity index (χ1) is 20.9. The van der Waals surface area contributed by atoms with Gasteiger partial charge in [0, 0.05) is 47.4 Å². The van der Waals surface area contributed by atoms with E-state index in [1.807, 2.05) is 12.3 Å². The number of fused-ring (bicyclic) bond motifs is 4. The monoisotopic (exact) mass is 599 g/mol. The number of nitrogens with one attached hydrogen (secondary N) is 3. The predicted octanol–water partition coefficient (Wildman–Crippen LogP) is 4.39. The molecule has 43 heavy (non-hydrogen) atoms. The zero-order valence-electron chi connectivity index (χ0n) is 24.6. The van der Waals surface area contributed by atoms with Gasteiger partial charge in [-0.25, -0.2) is 4.98 Å². The molecule has 0 bridgehead atoms. The van der Waals surface area contributed by atoms with Crippen molar-refractivity contribution in [2.75, 3.05) is 37.7 Å². The topological polar surface area (TPSA) is 162 Å². The molecule has 4 aliphatic rings. The number of ether oxygens (including phenoxy) is 1. The smallest absolute Gasteiger partial charge is 0.219 e. The molecule has 0 aromatic carbocycles. The minimum atomic E-state index is -0.414. The van der Waals surface area contributed by atoms with Crippen LogP contribution in [0.3, 0.4) is 0 Å². The SMILES string of the molecule is C[C@H](Oc1cc(N/C=C2/CNCC2=N)nc(-c2noc3c2CCC[C@@]32CCCc3sc(N)c(C#N)c32)n1)[C@@H]1CCCN1C. The Labute approximate surface area is 255 Å².